The SMILES string of the molecule is CC(C)Nc1nccc(N(CC(O)C(O)CN)C(=O)c2ccc3c(c2)CCO3)n1. The van der Waals surface area contributed by atoms with Gasteiger partial charge < -0.3 is 26.0 Å². The molecule has 1 aromatic carbocycles. The van der Waals surface area contributed by atoms with Crippen molar-refractivity contribution in [2.24, 2.45) is 5.73 Å². The zero-order chi connectivity index (χ0) is 21.0. The Morgan fingerprint density at radius 1 is 1.31 bits per heavy atom. The Morgan fingerprint density at radius 3 is 2.83 bits per heavy atom. The maximum absolute atomic E-state index is 13.3. The van der Waals surface area contributed by atoms with Crippen molar-refractivity contribution in [3.8, 4) is 5.75 Å². The number of nitrogens with two attached hydrogens (primary N) is 1. The minimum atomic E-state index is -1.22. The van der Waals surface area contributed by atoms with Gasteiger partial charge in [0, 0.05) is 30.8 Å². The summed E-state index contributed by atoms with van der Waals surface area (Å²) in [6.07, 6.45) is -0.108. The van der Waals surface area contributed by atoms with E-state index in [1.807, 2.05) is 13.8 Å². The summed E-state index contributed by atoms with van der Waals surface area (Å²) in [5, 5.41) is 23.3. The standard InChI is InChI=1S/C20H27N5O4/c1-12(2)23-20-22-7-5-18(24-20)25(11-16(27)15(26)10-21)19(28)14-3-4-17-13(9-14)6-8-29-17/h3-5,7,9,12,15-16,26-27H,6,8,10-11,21H2,1-2H3,(H,22,23,24). The van der Waals surface area contributed by atoms with Crippen LogP contribution in [0.5, 0.6) is 5.75 Å². The van der Waals surface area contributed by atoms with Gasteiger partial charge in [-0.25, -0.2) is 4.98 Å². The van der Waals surface area contributed by atoms with Crippen LogP contribution in [0.1, 0.15) is 29.8 Å². The van der Waals surface area contributed by atoms with Crippen molar-refractivity contribution >= 4 is 17.7 Å². The van der Waals surface area contributed by atoms with Crippen LogP contribution in [0.4, 0.5) is 11.8 Å². The number of amides is 1. The molecule has 1 aliphatic rings. The van der Waals surface area contributed by atoms with E-state index in [0.717, 1.165) is 17.7 Å². The molecule has 2 atom stereocenters. The van der Waals surface area contributed by atoms with Crippen molar-refractivity contribution in [1.82, 2.24) is 9.97 Å². The van der Waals surface area contributed by atoms with E-state index in [2.05, 4.69) is 15.3 Å². The van der Waals surface area contributed by atoms with Crippen LogP contribution in [0.15, 0.2) is 30.5 Å². The van der Waals surface area contributed by atoms with E-state index in [1.165, 1.54) is 11.1 Å². The molecule has 0 bridgehead atoms. The zero-order valence-corrected chi connectivity index (χ0v) is 16.6. The van der Waals surface area contributed by atoms with E-state index in [0.29, 0.717) is 23.9 Å². The van der Waals surface area contributed by atoms with Gasteiger partial charge in [0.15, 0.2) is 0 Å². The van der Waals surface area contributed by atoms with Gasteiger partial charge >= 0.3 is 0 Å². The smallest absolute Gasteiger partial charge is 0.259 e. The fourth-order valence-electron chi connectivity index (χ4n) is 3.05. The Hall–Kier alpha value is -2.75. The predicted octanol–water partition coefficient (Wildman–Crippen LogP) is 0.559. The summed E-state index contributed by atoms with van der Waals surface area (Å²) in [4.78, 5) is 23.2. The molecule has 0 aliphatic carbocycles. The second-order valence-corrected chi connectivity index (χ2v) is 7.24. The topological polar surface area (TPSA) is 134 Å². The van der Waals surface area contributed by atoms with Crippen molar-refractivity contribution < 1.29 is 19.7 Å². The lowest BCUT2D eigenvalue weighted by molar-refractivity contribution is 0.0295. The number of fused-ring (bicyclic) bond motifs is 1. The molecule has 0 saturated carbocycles. The molecular weight excluding hydrogens is 374 g/mol. The van der Waals surface area contributed by atoms with Gasteiger partial charge in [-0.3, -0.25) is 9.69 Å². The first-order valence-electron chi connectivity index (χ1n) is 9.62. The average Bonchev–Trinajstić information content (AvgIpc) is 3.18. The third-order valence-electron chi connectivity index (χ3n) is 4.57. The predicted molar refractivity (Wildman–Crippen MR) is 109 cm³/mol. The maximum Gasteiger partial charge on any atom is 0.259 e. The molecule has 0 saturated heterocycles. The van der Waals surface area contributed by atoms with Crippen LogP contribution in [0.25, 0.3) is 0 Å². The molecule has 1 amide bonds. The third kappa shape index (κ3) is 5.00. The highest BCUT2D eigenvalue weighted by atomic mass is 16.5. The average molecular weight is 401 g/mol. The van der Waals surface area contributed by atoms with E-state index in [1.54, 1.807) is 24.3 Å². The molecule has 1 aliphatic heterocycles. The van der Waals surface area contributed by atoms with Gasteiger partial charge in [-0.15, -0.1) is 0 Å². The highest BCUT2D eigenvalue weighted by Crippen LogP contribution is 2.27. The number of aliphatic hydroxyl groups is 2. The Morgan fingerprint density at radius 2 is 2.10 bits per heavy atom. The van der Waals surface area contributed by atoms with Gasteiger partial charge in [-0.05, 0) is 43.7 Å². The second kappa shape index (κ2) is 9.17. The number of aliphatic hydroxyl groups excluding tert-OH is 2. The lowest BCUT2D eigenvalue weighted by atomic mass is 10.1. The number of aromatic nitrogens is 2. The first-order valence-corrected chi connectivity index (χ1v) is 9.62. The molecule has 0 radical (unpaired) electrons. The summed E-state index contributed by atoms with van der Waals surface area (Å²) < 4.78 is 5.50. The maximum atomic E-state index is 13.3. The highest BCUT2D eigenvalue weighted by Gasteiger charge is 2.27. The van der Waals surface area contributed by atoms with Crippen molar-refractivity contribution in [3.63, 3.8) is 0 Å². The largest absolute Gasteiger partial charge is 0.493 e. The summed E-state index contributed by atoms with van der Waals surface area (Å²) in [6.45, 7) is 4.21. The molecule has 1 aromatic heterocycles. The van der Waals surface area contributed by atoms with Crippen molar-refractivity contribution in [2.45, 2.75) is 38.5 Å². The van der Waals surface area contributed by atoms with Gasteiger partial charge in [0.25, 0.3) is 5.91 Å². The number of hydrogen-bond acceptors (Lipinski definition) is 8. The van der Waals surface area contributed by atoms with Crippen LogP contribution in [-0.4, -0.2) is 64.0 Å². The highest BCUT2D eigenvalue weighted by molar-refractivity contribution is 6.06. The van der Waals surface area contributed by atoms with E-state index in [9.17, 15) is 15.0 Å². The molecule has 0 fully saturated rings. The first-order chi connectivity index (χ1) is 13.9. The molecule has 5 N–H and O–H groups in total. The molecule has 2 unspecified atom stereocenters. The van der Waals surface area contributed by atoms with E-state index >= 15 is 0 Å². The number of rotatable bonds is 8. The summed E-state index contributed by atoms with van der Waals surface area (Å²) in [5.41, 5.74) is 6.86. The van der Waals surface area contributed by atoms with Crippen molar-refractivity contribution in [2.75, 3.05) is 29.9 Å². The van der Waals surface area contributed by atoms with Crippen LogP contribution >= 0.6 is 0 Å². The molecular formula is C20H27N5O4. The van der Waals surface area contributed by atoms with Crippen LogP contribution < -0.4 is 20.7 Å². The molecule has 29 heavy (non-hydrogen) atoms. The van der Waals surface area contributed by atoms with Gasteiger partial charge in [-0.1, -0.05) is 0 Å². The van der Waals surface area contributed by atoms with Crippen molar-refractivity contribution in [3.05, 3.63) is 41.6 Å². The summed E-state index contributed by atoms with van der Waals surface area (Å²) in [5.74, 6) is 1.11. The number of nitrogens with zero attached hydrogens (tertiary/aromatic N) is 3. The molecule has 3 rings (SSSR count). The first kappa shape index (κ1) is 21.0. The number of ether oxygens (including phenoxy) is 1. The van der Waals surface area contributed by atoms with Gasteiger partial charge in [0.05, 0.1) is 25.4 Å². The molecule has 156 valence electrons. The fraction of sp³-hybridized carbons (Fsp3) is 0.450. The Kier molecular flexibility index (Phi) is 6.63. The van der Waals surface area contributed by atoms with Crippen LogP contribution in [0.2, 0.25) is 0 Å². The van der Waals surface area contributed by atoms with Crippen LogP contribution in [0, 0.1) is 0 Å². The number of benzene rings is 1. The Labute approximate surface area is 169 Å². The third-order valence-corrected chi connectivity index (χ3v) is 4.57. The van der Waals surface area contributed by atoms with Crippen LogP contribution in [0.3, 0.4) is 0 Å². The minimum Gasteiger partial charge on any atom is -0.493 e. The summed E-state index contributed by atoms with van der Waals surface area (Å²) in [6, 6.07) is 6.93. The number of carbonyl (C=O) groups excluding carboxylic acids is 1. The number of nitrogens with one attached hydrogen (secondary N) is 1. The Bertz CT molecular complexity index is 861. The number of anilines is 2. The summed E-state index contributed by atoms with van der Waals surface area (Å²) in [7, 11) is 0. The van der Waals surface area contributed by atoms with Gasteiger partial charge in [-0.2, -0.15) is 4.98 Å². The zero-order valence-electron chi connectivity index (χ0n) is 16.6. The van der Waals surface area contributed by atoms with Crippen LogP contribution in [-0.2, 0) is 6.42 Å². The van der Waals surface area contributed by atoms with E-state index in [-0.39, 0.29) is 25.0 Å². The molecule has 2 heterocycles. The monoisotopic (exact) mass is 401 g/mol. The van der Waals surface area contributed by atoms with Crippen molar-refractivity contribution in [1.29, 1.82) is 0 Å². The van der Waals surface area contributed by atoms with Gasteiger partial charge in [0.1, 0.15) is 11.6 Å². The lowest BCUT2D eigenvalue weighted by Gasteiger charge is -2.27. The molecule has 9 nitrogen and oxygen atoms in total. The normalized spacial score (nSPS) is 14.8. The fourth-order valence-corrected chi connectivity index (χ4v) is 3.05. The lowest BCUT2D eigenvalue weighted by Crippen LogP contribution is -2.45. The molecule has 0 spiro atoms. The summed E-state index contributed by atoms with van der Waals surface area (Å²) >= 11 is 0. The molecule has 2 aromatic rings. The van der Waals surface area contributed by atoms with E-state index < -0.39 is 12.2 Å². The number of hydrogen-bond donors (Lipinski definition) is 4. The quantitative estimate of drug-likeness (QED) is 0.504. The van der Waals surface area contributed by atoms with Gasteiger partial charge in [0.2, 0.25) is 5.95 Å². The second-order valence-electron chi connectivity index (χ2n) is 7.24. The number of carbonyl (C=O) groups is 1. The Balaban J connectivity index is 1.93. The molecule has 9 heteroatoms. The van der Waals surface area contributed by atoms with E-state index in [4.69, 9.17) is 10.5 Å². The minimum absolute atomic E-state index is 0.107.